The number of ketones is 3. The maximum atomic E-state index is 14.5. The van der Waals surface area contributed by atoms with E-state index in [0.29, 0.717) is 51.3 Å². The van der Waals surface area contributed by atoms with E-state index in [1.54, 1.807) is 13.2 Å². The molecule has 5 atom stereocenters. The van der Waals surface area contributed by atoms with Crippen LogP contribution in [0.25, 0.3) is 0 Å². The third-order valence-corrected chi connectivity index (χ3v) is 12.9. The number of halogens is 1. The van der Waals surface area contributed by atoms with Crippen molar-refractivity contribution in [2.24, 2.45) is 30.7 Å². The number of esters is 1. The lowest BCUT2D eigenvalue weighted by atomic mass is 9.87. The molecule has 3 aromatic rings. The Labute approximate surface area is 402 Å². The zero-order chi connectivity index (χ0) is 48.2. The van der Waals surface area contributed by atoms with Crippen LogP contribution in [0.4, 0.5) is 0 Å². The topological polar surface area (TPSA) is 208 Å². The number of carbonyl (C=O) groups is 7. The van der Waals surface area contributed by atoms with E-state index < -0.39 is 59.6 Å². The largest absolute Gasteiger partial charge is 0.449 e. The Kier molecular flexibility index (Phi) is 22.0. The summed E-state index contributed by atoms with van der Waals surface area (Å²) in [5.41, 5.74) is 0.583. The number of alkyl halides is 1. The molecule has 1 aliphatic heterocycles. The van der Waals surface area contributed by atoms with Crippen molar-refractivity contribution in [2.75, 3.05) is 43.8 Å². The smallest absolute Gasteiger partial charge is 0.326 e. The molecule has 0 radical (unpaired) electrons. The van der Waals surface area contributed by atoms with Crippen molar-refractivity contribution in [3.63, 3.8) is 0 Å². The van der Waals surface area contributed by atoms with Gasteiger partial charge in [0.1, 0.15) is 12.3 Å². The molecule has 0 aliphatic carbocycles. The standard InChI is InChI=1S/C49H68IN7O9/c1-33(2)23-41(52-47(63)37(18-17-35-13-9-7-10-14-35)26-40(58)31-57-19-21-65-22-20-57)43(59)27-38(25-36-15-11-8-12-16-36)48(64)53-42(24-34(3)4)46(62)49(5,32-50)66-45(61)29-51-44(60)28-39-30-56(6)55-54-39/h7-16,30,33-34,37-38,41-42H,17-29,31-32H2,1-6H3,(H,51,60)(H,52,63)(H,53,64)/t37-,38-,41+,42+,49?/m1/s1. The lowest BCUT2D eigenvalue weighted by molar-refractivity contribution is -0.164. The van der Waals surface area contributed by atoms with E-state index in [9.17, 15) is 33.6 Å². The highest BCUT2D eigenvalue weighted by Crippen LogP contribution is 2.24. The van der Waals surface area contributed by atoms with Crippen molar-refractivity contribution in [1.29, 1.82) is 0 Å². The van der Waals surface area contributed by atoms with Gasteiger partial charge in [-0.15, -0.1) is 5.10 Å². The molecule has 1 fully saturated rings. The van der Waals surface area contributed by atoms with Gasteiger partial charge in [0.05, 0.1) is 44.0 Å². The number of aryl methyl sites for hydroxylation is 2. The van der Waals surface area contributed by atoms with Crippen LogP contribution in [0.15, 0.2) is 66.9 Å². The monoisotopic (exact) mass is 1030 g/mol. The first-order chi connectivity index (χ1) is 31.4. The highest BCUT2D eigenvalue weighted by atomic mass is 127. The van der Waals surface area contributed by atoms with Gasteiger partial charge in [-0.3, -0.25) is 43.1 Å². The van der Waals surface area contributed by atoms with Gasteiger partial charge < -0.3 is 25.4 Å². The number of Topliss-reactive ketones (excluding diaryl/α,β-unsaturated/α-hetero) is 3. The first-order valence-electron chi connectivity index (χ1n) is 22.9. The average Bonchev–Trinajstić information content (AvgIpc) is 3.70. The van der Waals surface area contributed by atoms with Crippen LogP contribution in [0.2, 0.25) is 0 Å². The van der Waals surface area contributed by atoms with Gasteiger partial charge >= 0.3 is 5.97 Å². The normalized spacial score (nSPS) is 15.8. The highest BCUT2D eigenvalue weighted by molar-refractivity contribution is 14.1. The molecule has 1 aliphatic rings. The van der Waals surface area contributed by atoms with Crippen molar-refractivity contribution in [2.45, 2.75) is 104 Å². The Morgan fingerprint density at radius 1 is 0.818 bits per heavy atom. The third-order valence-electron chi connectivity index (χ3n) is 11.4. The number of carbonyl (C=O) groups excluding carboxylic acids is 7. The lowest BCUT2D eigenvalue weighted by Crippen LogP contribution is -2.55. The molecule has 1 aromatic heterocycles. The molecule has 1 saturated heterocycles. The summed E-state index contributed by atoms with van der Waals surface area (Å²) in [4.78, 5) is 98.7. The first-order valence-corrected chi connectivity index (χ1v) is 24.4. The number of nitrogens with one attached hydrogen (secondary N) is 3. The Bertz CT molecular complexity index is 2060. The number of hydrogen-bond acceptors (Lipinski definition) is 12. The van der Waals surface area contributed by atoms with Crippen LogP contribution in [0.3, 0.4) is 0 Å². The van der Waals surface area contributed by atoms with Gasteiger partial charge in [-0.25, -0.2) is 0 Å². The molecule has 4 rings (SSSR count). The molecule has 3 amide bonds. The predicted molar refractivity (Wildman–Crippen MR) is 257 cm³/mol. The maximum Gasteiger partial charge on any atom is 0.326 e. The Balaban J connectivity index is 1.51. The van der Waals surface area contributed by atoms with Gasteiger partial charge in [-0.1, -0.05) is 116 Å². The summed E-state index contributed by atoms with van der Waals surface area (Å²) in [5.74, 6) is -4.85. The molecule has 2 aromatic carbocycles. The molecule has 0 saturated carbocycles. The van der Waals surface area contributed by atoms with Crippen LogP contribution in [0.5, 0.6) is 0 Å². The number of hydrogen-bond donors (Lipinski definition) is 3. The van der Waals surface area contributed by atoms with Crippen LogP contribution in [0, 0.1) is 23.7 Å². The van der Waals surface area contributed by atoms with Gasteiger partial charge in [0.25, 0.3) is 0 Å². The van der Waals surface area contributed by atoms with Crippen LogP contribution >= 0.6 is 22.6 Å². The van der Waals surface area contributed by atoms with Crippen molar-refractivity contribution in [3.05, 3.63) is 83.7 Å². The number of nitrogens with zero attached hydrogens (tertiary/aromatic N) is 4. The first kappa shape index (κ1) is 53.7. The number of benzene rings is 2. The quantitative estimate of drug-likeness (QED) is 0.0532. The summed E-state index contributed by atoms with van der Waals surface area (Å²) in [6.07, 6.45) is 2.94. The van der Waals surface area contributed by atoms with E-state index in [2.05, 4.69) is 26.3 Å². The van der Waals surface area contributed by atoms with Crippen molar-refractivity contribution < 1.29 is 43.0 Å². The highest BCUT2D eigenvalue weighted by Gasteiger charge is 2.42. The Morgan fingerprint density at radius 2 is 1.41 bits per heavy atom. The van der Waals surface area contributed by atoms with Crippen LogP contribution in [-0.4, -0.2) is 122 Å². The molecule has 66 heavy (non-hydrogen) atoms. The van der Waals surface area contributed by atoms with Crippen LogP contribution < -0.4 is 16.0 Å². The summed E-state index contributed by atoms with van der Waals surface area (Å²) >= 11 is 1.96. The summed E-state index contributed by atoms with van der Waals surface area (Å²) in [6, 6.07) is 17.0. The SMILES string of the molecule is CC(C)C[C@H](NC(=O)[C@H](CCc1ccccc1)CC(=O)CN1CCOCC1)C(=O)C[C@@H](Cc1ccccc1)C(=O)N[C@@H](CC(C)C)C(=O)C(C)(CI)OC(=O)CNC(=O)Cc1cn(C)nn1. The average molecular weight is 1030 g/mol. The minimum atomic E-state index is -1.67. The van der Waals surface area contributed by atoms with E-state index in [1.165, 1.54) is 11.6 Å². The van der Waals surface area contributed by atoms with Gasteiger partial charge in [-0.2, -0.15) is 0 Å². The van der Waals surface area contributed by atoms with Crippen LogP contribution in [0.1, 0.15) is 83.5 Å². The minimum Gasteiger partial charge on any atom is -0.449 e. The number of ether oxygens (including phenoxy) is 2. The fraction of sp³-hybridized carbons (Fsp3) is 0.571. The van der Waals surface area contributed by atoms with Crippen molar-refractivity contribution in [1.82, 2.24) is 35.8 Å². The van der Waals surface area contributed by atoms with Gasteiger partial charge in [-0.05, 0) is 62.0 Å². The van der Waals surface area contributed by atoms with Gasteiger partial charge in [0.2, 0.25) is 17.7 Å². The predicted octanol–water partition coefficient (Wildman–Crippen LogP) is 4.20. The number of amides is 3. The molecule has 2 heterocycles. The molecular formula is C49H68IN7O9. The Hall–Kier alpha value is -4.88. The number of morpholine rings is 1. The summed E-state index contributed by atoms with van der Waals surface area (Å²) in [7, 11) is 1.67. The minimum absolute atomic E-state index is 0.000398. The molecular weight excluding hydrogens is 957 g/mol. The van der Waals surface area contributed by atoms with E-state index in [-0.39, 0.29) is 72.4 Å². The second-order valence-corrected chi connectivity index (χ2v) is 19.1. The summed E-state index contributed by atoms with van der Waals surface area (Å²) in [6.45, 7) is 11.3. The fourth-order valence-corrected chi connectivity index (χ4v) is 8.43. The van der Waals surface area contributed by atoms with E-state index >= 15 is 0 Å². The second-order valence-electron chi connectivity index (χ2n) is 18.3. The summed E-state index contributed by atoms with van der Waals surface area (Å²) < 4.78 is 12.7. The molecule has 0 spiro atoms. The van der Waals surface area contributed by atoms with Gasteiger partial charge in [0, 0.05) is 55.4 Å². The van der Waals surface area contributed by atoms with Crippen molar-refractivity contribution in [3.8, 4) is 0 Å². The number of aromatic nitrogens is 3. The fourth-order valence-electron chi connectivity index (χ4n) is 7.90. The van der Waals surface area contributed by atoms with Crippen LogP contribution in [-0.2, 0) is 69.3 Å². The van der Waals surface area contributed by atoms with E-state index in [0.717, 1.165) is 11.1 Å². The molecule has 360 valence electrons. The van der Waals surface area contributed by atoms with E-state index in [4.69, 9.17) is 9.47 Å². The van der Waals surface area contributed by atoms with E-state index in [1.807, 2.05) is 116 Å². The maximum absolute atomic E-state index is 14.5. The molecule has 17 heteroatoms. The third kappa shape index (κ3) is 18.4. The zero-order valence-electron chi connectivity index (χ0n) is 39.3. The summed E-state index contributed by atoms with van der Waals surface area (Å²) in [5, 5.41) is 16.1. The Morgan fingerprint density at radius 3 is 2.00 bits per heavy atom. The molecule has 1 unspecified atom stereocenters. The zero-order valence-corrected chi connectivity index (χ0v) is 41.4. The number of rotatable bonds is 28. The lowest BCUT2D eigenvalue weighted by Gasteiger charge is -2.32. The van der Waals surface area contributed by atoms with Crippen molar-refractivity contribution >= 4 is 63.6 Å². The molecule has 3 N–H and O–H groups in total. The molecule has 16 nitrogen and oxygen atoms in total. The van der Waals surface area contributed by atoms with Gasteiger partial charge in [0.15, 0.2) is 17.2 Å². The second kappa shape index (κ2) is 27.1. The molecule has 0 bridgehead atoms.